The van der Waals surface area contributed by atoms with Crippen LogP contribution in [0.4, 0.5) is 4.79 Å². The second-order valence-electron chi connectivity index (χ2n) is 7.97. The number of alkyl carbamates (subject to hydrolysis) is 1. The molecule has 1 atom stereocenters. The van der Waals surface area contributed by atoms with Crippen molar-refractivity contribution >= 4 is 12.1 Å². The Balaban J connectivity index is 2.21. The summed E-state index contributed by atoms with van der Waals surface area (Å²) in [4.78, 5) is 23.6. The average Bonchev–Trinajstić information content (AvgIpc) is 2.90. The maximum Gasteiger partial charge on any atom is 0.408 e. The minimum Gasteiger partial charge on any atom is -0.496 e. The summed E-state index contributed by atoms with van der Waals surface area (Å²) in [7, 11) is 1.59. The number of nitrogens with zero attached hydrogens (tertiary/aromatic N) is 2. The standard InChI is InChI=1S/C21H29N3O5/c1-13-9-14(2)24(23-13)12-16-10-15(7-8-18(16)28-6)11-17(19(25)26)22-20(27)29-21(3,4)5/h7-10,17H,11-12H2,1-6H3,(H,22,27)(H,25,26). The van der Waals surface area contributed by atoms with Crippen molar-refractivity contribution in [1.29, 1.82) is 0 Å². The quantitative estimate of drug-likeness (QED) is 0.736. The number of methoxy groups -OCH3 is 1. The lowest BCUT2D eigenvalue weighted by atomic mass is 10.0. The van der Waals surface area contributed by atoms with Gasteiger partial charge in [0.2, 0.25) is 0 Å². The van der Waals surface area contributed by atoms with E-state index in [1.54, 1.807) is 40.0 Å². The van der Waals surface area contributed by atoms with E-state index in [1.807, 2.05) is 30.7 Å². The number of aliphatic carboxylic acids is 1. The zero-order valence-electron chi connectivity index (χ0n) is 17.8. The lowest BCUT2D eigenvalue weighted by Gasteiger charge is -2.22. The molecule has 2 rings (SSSR count). The summed E-state index contributed by atoms with van der Waals surface area (Å²) >= 11 is 0. The van der Waals surface area contributed by atoms with Crippen molar-refractivity contribution in [3.05, 3.63) is 46.8 Å². The van der Waals surface area contributed by atoms with E-state index >= 15 is 0 Å². The van der Waals surface area contributed by atoms with E-state index in [0.29, 0.717) is 12.3 Å². The fraction of sp³-hybridized carbons (Fsp3) is 0.476. The van der Waals surface area contributed by atoms with Gasteiger partial charge in [-0.2, -0.15) is 5.10 Å². The van der Waals surface area contributed by atoms with Crippen molar-refractivity contribution in [3.8, 4) is 5.75 Å². The summed E-state index contributed by atoms with van der Waals surface area (Å²) in [6.07, 6.45) is -0.649. The molecule has 0 spiro atoms. The molecule has 0 bridgehead atoms. The number of rotatable bonds is 7. The van der Waals surface area contributed by atoms with Gasteiger partial charge in [0.25, 0.3) is 0 Å². The number of carbonyl (C=O) groups excluding carboxylic acids is 1. The molecule has 0 fully saturated rings. The molecule has 158 valence electrons. The molecule has 1 unspecified atom stereocenters. The molecule has 8 nitrogen and oxygen atoms in total. The van der Waals surface area contributed by atoms with Gasteiger partial charge in [-0.3, -0.25) is 4.68 Å². The van der Waals surface area contributed by atoms with Crippen LogP contribution >= 0.6 is 0 Å². The topological polar surface area (TPSA) is 103 Å². The summed E-state index contributed by atoms with van der Waals surface area (Å²) in [5.41, 5.74) is 2.86. The van der Waals surface area contributed by atoms with Crippen molar-refractivity contribution in [3.63, 3.8) is 0 Å². The van der Waals surface area contributed by atoms with Crippen molar-refractivity contribution in [1.82, 2.24) is 15.1 Å². The Bertz CT molecular complexity index is 883. The number of aromatic nitrogens is 2. The SMILES string of the molecule is COc1ccc(CC(NC(=O)OC(C)(C)C)C(=O)O)cc1Cn1nc(C)cc1C. The van der Waals surface area contributed by atoms with Crippen LogP contribution in [0.2, 0.25) is 0 Å². The van der Waals surface area contributed by atoms with Crippen LogP contribution < -0.4 is 10.1 Å². The number of hydrogen-bond acceptors (Lipinski definition) is 5. The third-order valence-electron chi connectivity index (χ3n) is 4.20. The fourth-order valence-corrected chi connectivity index (χ4v) is 2.96. The van der Waals surface area contributed by atoms with Crippen molar-refractivity contribution in [2.24, 2.45) is 0 Å². The van der Waals surface area contributed by atoms with E-state index in [2.05, 4.69) is 10.4 Å². The first-order valence-corrected chi connectivity index (χ1v) is 9.37. The molecule has 8 heteroatoms. The number of hydrogen-bond donors (Lipinski definition) is 2. The molecule has 0 saturated carbocycles. The Morgan fingerprint density at radius 2 is 1.93 bits per heavy atom. The highest BCUT2D eigenvalue weighted by atomic mass is 16.6. The minimum atomic E-state index is -1.13. The second kappa shape index (κ2) is 8.98. The van der Waals surface area contributed by atoms with Crippen molar-refractivity contribution in [2.45, 2.75) is 59.2 Å². The first-order valence-electron chi connectivity index (χ1n) is 9.37. The number of ether oxygens (including phenoxy) is 2. The van der Waals surface area contributed by atoms with Gasteiger partial charge >= 0.3 is 12.1 Å². The number of nitrogens with one attached hydrogen (secondary N) is 1. The molecule has 2 N–H and O–H groups in total. The normalized spacial score (nSPS) is 12.3. The number of carbonyl (C=O) groups is 2. The van der Waals surface area contributed by atoms with E-state index in [0.717, 1.165) is 22.5 Å². The summed E-state index contributed by atoms with van der Waals surface area (Å²) in [6.45, 7) is 9.55. The van der Waals surface area contributed by atoms with Crippen LogP contribution in [0.25, 0.3) is 0 Å². The number of benzene rings is 1. The maximum atomic E-state index is 12.0. The number of aryl methyl sites for hydroxylation is 2. The Labute approximate surface area is 170 Å². The molecule has 0 radical (unpaired) electrons. The zero-order chi connectivity index (χ0) is 21.8. The molecule has 0 saturated heterocycles. The van der Waals surface area contributed by atoms with E-state index in [4.69, 9.17) is 9.47 Å². The molecule has 29 heavy (non-hydrogen) atoms. The molecular formula is C21H29N3O5. The van der Waals surface area contributed by atoms with Crippen LogP contribution in [0.5, 0.6) is 5.75 Å². The molecule has 1 aromatic heterocycles. The lowest BCUT2D eigenvalue weighted by Crippen LogP contribution is -2.44. The predicted molar refractivity (Wildman–Crippen MR) is 108 cm³/mol. The molecule has 0 aliphatic rings. The van der Waals surface area contributed by atoms with E-state index in [9.17, 15) is 14.7 Å². The van der Waals surface area contributed by atoms with E-state index in [-0.39, 0.29) is 6.42 Å². The van der Waals surface area contributed by atoms with Crippen LogP contribution in [0, 0.1) is 13.8 Å². The van der Waals surface area contributed by atoms with E-state index in [1.165, 1.54) is 0 Å². The van der Waals surface area contributed by atoms with Gasteiger partial charge in [0.15, 0.2) is 0 Å². The van der Waals surface area contributed by atoms with Gasteiger partial charge in [0.1, 0.15) is 17.4 Å². The summed E-state index contributed by atoms with van der Waals surface area (Å²) in [5.74, 6) is -0.444. The molecule has 2 aromatic rings. The first kappa shape index (κ1) is 22.3. The van der Waals surface area contributed by atoms with Crippen LogP contribution in [-0.4, -0.2) is 45.7 Å². The van der Waals surface area contributed by atoms with Gasteiger partial charge in [-0.15, -0.1) is 0 Å². The van der Waals surface area contributed by atoms with Gasteiger partial charge < -0.3 is 19.9 Å². The summed E-state index contributed by atoms with van der Waals surface area (Å²) in [5, 5.41) is 16.4. The van der Waals surface area contributed by atoms with Gasteiger partial charge in [0, 0.05) is 17.7 Å². The molecule has 0 aliphatic carbocycles. The highest BCUT2D eigenvalue weighted by Gasteiger charge is 2.24. The first-order chi connectivity index (χ1) is 13.5. The molecular weight excluding hydrogens is 374 g/mol. The smallest absolute Gasteiger partial charge is 0.408 e. The average molecular weight is 403 g/mol. The van der Waals surface area contributed by atoms with Crippen molar-refractivity contribution in [2.75, 3.05) is 7.11 Å². The fourth-order valence-electron chi connectivity index (χ4n) is 2.96. The number of amides is 1. The summed E-state index contributed by atoms with van der Waals surface area (Å²) in [6, 6.07) is 6.34. The largest absolute Gasteiger partial charge is 0.496 e. The van der Waals surface area contributed by atoms with E-state index < -0.39 is 23.7 Å². The molecule has 1 amide bonds. The zero-order valence-corrected chi connectivity index (χ0v) is 17.8. The van der Waals surface area contributed by atoms with Crippen LogP contribution in [-0.2, 0) is 22.5 Å². The second-order valence-corrected chi connectivity index (χ2v) is 7.97. The third kappa shape index (κ3) is 6.51. The monoisotopic (exact) mass is 403 g/mol. The number of carboxylic acids is 1. The highest BCUT2D eigenvalue weighted by molar-refractivity contribution is 5.80. The van der Waals surface area contributed by atoms with Crippen LogP contribution in [0.3, 0.4) is 0 Å². The molecule has 1 aromatic carbocycles. The Hall–Kier alpha value is -3.03. The molecule has 1 heterocycles. The highest BCUT2D eigenvalue weighted by Crippen LogP contribution is 2.22. The lowest BCUT2D eigenvalue weighted by molar-refractivity contribution is -0.139. The number of carboxylic acid groups (broad SMARTS) is 1. The Morgan fingerprint density at radius 1 is 1.24 bits per heavy atom. The third-order valence-corrected chi connectivity index (χ3v) is 4.20. The maximum absolute atomic E-state index is 12.0. The summed E-state index contributed by atoms with van der Waals surface area (Å²) < 4.78 is 12.5. The molecule has 0 aliphatic heterocycles. The predicted octanol–water partition coefficient (Wildman–Crippen LogP) is 3.08. The van der Waals surface area contributed by atoms with Crippen LogP contribution in [0.15, 0.2) is 24.3 Å². The van der Waals surface area contributed by atoms with Crippen LogP contribution in [0.1, 0.15) is 43.3 Å². The van der Waals surface area contributed by atoms with Gasteiger partial charge in [-0.1, -0.05) is 12.1 Å². The van der Waals surface area contributed by atoms with Gasteiger partial charge in [-0.05, 0) is 52.3 Å². The Morgan fingerprint density at radius 3 is 2.45 bits per heavy atom. The minimum absolute atomic E-state index is 0.114. The van der Waals surface area contributed by atoms with Gasteiger partial charge in [-0.25, -0.2) is 9.59 Å². The Kier molecular flexibility index (Phi) is 6.89. The van der Waals surface area contributed by atoms with Crippen molar-refractivity contribution < 1.29 is 24.2 Å². The van der Waals surface area contributed by atoms with Gasteiger partial charge in [0.05, 0.1) is 19.3 Å².